The number of piperazine rings is 2. The lowest BCUT2D eigenvalue weighted by molar-refractivity contribution is 0.0305. The summed E-state index contributed by atoms with van der Waals surface area (Å²) in [4.78, 5) is 10.1. The molecular formula is C32H54N4O4. The highest BCUT2D eigenvalue weighted by Crippen LogP contribution is 2.25. The van der Waals surface area contributed by atoms with Gasteiger partial charge in [-0.3, -0.25) is 19.6 Å². The zero-order valence-electron chi connectivity index (χ0n) is 24.7. The number of nitrogens with zero attached hydrogens (tertiary/aromatic N) is 4. The van der Waals surface area contributed by atoms with Crippen LogP contribution in [-0.4, -0.2) is 133 Å². The van der Waals surface area contributed by atoms with Crippen LogP contribution in [0, 0.1) is 0 Å². The normalized spacial score (nSPS) is 25.1. The third kappa shape index (κ3) is 9.30. The van der Waals surface area contributed by atoms with E-state index in [9.17, 15) is 10.2 Å². The van der Waals surface area contributed by atoms with E-state index in [2.05, 4.69) is 19.6 Å². The van der Waals surface area contributed by atoms with E-state index in [1.54, 1.807) is 0 Å². The average molecular weight is 559 g/mol. The van der Waals surface area contributed by atoms with E-state index in [0.29, 0.717) is 13.1 Å². The number of hydrogen-bond acceptors (Lipinski definition) is 8. The highest BCUT2D eigenvalue weighted by molar-refractivity contribution is 5.31. The van der Waals surface area contributed by atoms with Gasteiger partial charge in [0.05, 0.1) is 0 Å². The van der Waals surface area contributed by atoms with Gasteiger partial charge in [0.1, 0.15) is 36.9 Å². The molecule has 2 unspecified atom stereocenters. The summed E-state index contributed by atoms with van der Waals surface area (Å²) in [6.45, 7) is 10.5. The Labute approximate surface area is 242 Å². The molecule has 0 aromatic heterocycles. The lowest BCUT2D eigenvalue weighted by atomic mass is 9.94. The van der Waals surface area contributed by atoms with Crippen LogP contribution in [0.2, 0.25) is 0 Å². The SMILES string of the molecule is OC(COc1ccc(OCC(O)CN2CCN(C3CCCCC3)CC2)cc1)CN1CCN(C2CCCCC2)CC1. The molecule has 8 heteroatoms. The highest BCUT2D eigenvalue weighted by Gasteiger charge is 2.27. The van der Waals surface area contributed by atoms with Gasteiger partial charge in [0.2, 0.25) is 0 Å². The van der Waals surface area contributed by atoms with Crippen molar-refractivity contribution >= 4 is 0 Å². The minimum Gasteiger partial charge on any atom is -0.491 e. The van der Waals surface area contributed by atoms with Crippen molar-refractivity contribution in [2.24, 2.45) is 0 Å². The molecule has 8 nitrogen and oxygen atoms in total. The molecule has 1 aromatic rings. The first kappa shape index (κ1) is 30.1. The van der Waals surface area contributed by atoms with Gasteiger partial charge in [-0.15, -0.1) is 0 Å². The molecule has 2 N–H and O–H groups in total. The smallest absolute Gasteiger partial charge is 0.119 e. The fraction of sp³-hybridized carbons (Fsp3) is 0.812. The molecule has 40 heavy (non-hydrogen) atoms. The Morgan fingerprint density at radius 2 is 0.900 bits per heavy atom. The molecule has 0 radical (unpaired) electrons. The third-order valence-electron chi connectivity index (χ3n) is 9.64. The summed E-state index contributed by atoms with van der Waals surface area (Å²) >= 11 is 0. The van der Waals surface area contributed by atoms with Crippen molar-refractivity contribution in [1.82, 2.24) is 19.6 Å². The first-order valence-electron chi connectivity index (χ1n) is 16.3. The maximum absolute atomic E-state index is 10.6. The van der Waals surface area contributed by atoms with Crippen molar-refractivity contribution in [3.63, 3.8) is 0 Å². The molecule has 2 saturated heterocycles. The summed E-state index contributed by atoms with van der Waals surface area (Å²) in [6, 6.07) is 9.07. The molecule has 0 bridgehead atoms. The fourth-order valence-corrected chi connectivity index (χ4v) is 7.23. The molecule has 4 aliphatic rings. The largest absolute Gasteiger partial charge is 0.491 e. The predicted octanol–water partition coefficient (Wildman–Crippen LogP) is 3.07. The molecule has 0 spiro atoms. The first-order valence-corrected chi connectivity index (χ1v) is 16.3. The summed E-state index contributed by atoms with van der Waals surface area (Å²) in [5, 5.41) is 21.1. The summed E-state index contributed by atoms with van der Waals surface area (Å²) < 4.78 is 11.7. The van der Waals surface area contributed by atoms with E-state index in [-0.39, 0.29) is 13.2 Å². The van der Waals surface area contributed by atoms with Crippen LogP contribution < -0.4 is 9.47 Å². The van der Waals surface area contributed by atoms with E-state index in [4.69, 9.17) is 9.47 Å². The number of β-amino-alcohol motifs (C(OH)–C–C–N with tert-alkyl or cyclic N) is 2. The Balaban J connectivity index is 0.928. The van der Waals surface area contributed by atoms with Gasteiger partial charge >= 0.3 is 0 Å². The fourth-order valence-electron chi connectivity index (χ4n) is 7.23. The molecule has 2 aliphatic heterocycles. The molecule has 2 aliphatic carbocycles. The van der Waals surface area contributed by atoms with Crippen LogP contribution in [-0.2, 0) is 0 Å². The zero-order valence-corrected chi connectivity index (χ0v) is 24.7. The summed E-state index contributed by atoms with van der Waals surface area (Å²) in [5.74, 6) is 1.45. The molecule has 0 amide bonds. The van der Waals surface area contributed by atoms with Crippen LogP contribution in [0.25, 0.3) is 0 Å². The van der Waals surface area contributed by atoms with Gasteiger partial charge in [0.25, 0.3) is 0 Å². The second-order valence-corrected chi connectivity index (χ2v) is 12.7. The minimum absolute atomic E-state index is 0.287. The molecule has 2 saturated carbocycles. The molecule has 226 valence electrons. The zero-order chi connectivity index (χ0) is 27.6. The van der Waals surface area contributed by atoms with Crippen LogP contribution in [0.4, 0.5) is 0 Å². The Kier molecular flexibility index (Phi) is 11.8. The number of rotatable bonds is 12. The van der Waals surface area contributed by atoms with Gasteiger partial charge < -0.3 is 19.7 Å². The van der Waals surface area contributed by atoms with Crippen molar-refractivity contribution in [1.29, 1.82) is 0 Å². The molecule has 2 heterocycles. The van der Waals surface area contributed by atoms with E-state index >= 15 is 0 Å². The summed E-state index contributed by atoms with van der Waals surface area (Å²) in [5.41, 5.74) is 0. The quantitative estimate of drug-likeness (QED) is 0.406. The highest BCUT2D eigenvalue weighted by atomic mass is 16.5. The van der Waals surface area contributed by atoms with E-state index in [1.165, 1.54) is 64.2 Å². The number of benzene rings is 1. The topological polar surface area (TPSA) is 71.9 Å². The Morgan fingerprint density at radius 1 is 0.550 bits per heavy atom. The second kappa shape index (κ2) is 15.7. The number of aliphatic hydroxyl groups is 2. The van der Waals surface area contributed by atoms with Gasteiger partial charge in [0, 0.05) is 77.5 Å². The second-order valence-electron chi connectivity index (χ2n) is 12.7. The standard InChI is InChI=1S/C32H54N4O4/c37-29(23-33-15-19-35(20-16-33)27-7-3-1-4-8-27)25-39-31-11-13-32(14-12-31)40-26-30(38)24-34-17-21-36(22-18-34)28-9-5-2-6-10-28/h11-14,27-30,37-38H,1-10,15-26H2. The van der Waals surface area contributed by atoms with Crippen LogP contribution in [0.5, 0.6) is 11.5 Å². The van der Waals surface area contributed by atoms with Gasteiger partial charge in [-0.1, -0.05) is 38.5 Å². The van der Waals surface area contributed by atoms with Gasteiger partial charge in [-0.2, -0.15) is 0 Å². The minimum atomic E-state index is -0.503. The lowest BCUT2D eigenvalue weighted by Crippen LogP contribution is -2.52. The number of hydrogen-bond donors (Lipinski definition) is 2. The number of ether oxygens (including phenoxy) is 2. The average Bonchev–Trinajstić information content (AvgIpc) is 3.01. The van der Waals surface area contributed by atoms with Gasteiger partial charge in [0.15, 0.2) is 0 Å². The van der Waals surface area contributed by atoms with Gasteiger partial charge in [-0.05, 0) is 49.9 Å². The van der Waals surface area contributed by atoms with Crippen LogP contribution in [0.3, 0.4) is 0 Å². The van der Waals surface area contributed by atoms with Crippen LogP contribution in [0.1, 0.15) is 64.2 Å². The van der Waals surface area contributed by atoms with Crippen molar-refractivity contribution in [3.05, 3.63) is 24.3 Å². The van der Waals surface area contributed by atoms with E-state index in [1.807, 2.05) is 24.3 Å². The maximum Gasteiger partial charge on any atom is 0.119 e. The van der Waals surface area contributed by atoms with Crippen LogP contribution in [0.15, 0.2) is 24.3 Å². The Hall–Kier alpha value is -1.42. The molecular weight excluding hydrogens is 504 g/mol. The van der Waals surface area contributed by atoms with E-state index in [0.717, 1.165) is 75.9 Å². The third-order valence-corrected chi connectivity index (χ3v) is 9.64. The van der Waals surface area contributed by atoms with Crippen molar-refractivity contribution in [2.45, 2.75) is 88.5 Å². The van der Waals surface area contributed by atoms with E-state index < -0.39 is 12.2 Å². The molecule has 5 rings (SSSR count). The monoisotopic (exact) mass is 558 g/mol. The van der Waals surface area contributed by atoms with Gasteiger partial charge in [-0.25, -0.2) is 0 Å². The molecule has 1 aromatic carbocycles. The van der Waals surface area contributed by atoms with Crippen molar-refractivity contribution < 1.29 is 19.7 Å². The molecule has 4 fully saturated rings. The first-order chi connectivity index (χ1) is 19.6. The van der Waals surface area contributed by atoms with Crippen molar-refractivity contribution in [3.8, 4) is 11.5 Å². The van der Waals surface area contributed by atoms with Crippen LogP contribution >= 0.6 is 0 Å². The molecule has 2 atom stereocenters. The summed E-state index contributed by atoms with van der Waals surface area (Å²) in [6.07, 6.45) is 12.8. The number of aliphatic hydroxyl groups excluding tert-OH is 2. The predicted molar refractivity (Wildman–Crippen MR) is 159 cm³/mol. The Morgan fingerprint density at radius 3 is 1.25 bits per heavy atom. The van der Waals surface area contributed by atoms with Crippen molar-refractivity contribution in [2.75, 3.05) is 78.7 Å². The Bertz CT molecular complexity index is 761. The maximum atomic E-state index is 10.6. The lowest BCUT2D eigenvalue weighted by Gasteiger charge is -2.41. The summed E-state index contributed by atoms with van der Waals surface area (Å²) in [7, 11) is 0.